The van der Waals surface area contributed by atoms with Gasteiger partial charge >= 0.3 is 0 Å². The number of amides is 2. The molecule has 0 aliphatic rings. The Morgan fingerprint density at radius 2 is 1.73 bits per heavy atom. The molecule has 0 bridgehead atoms. The number of nitrogens with zero attached hydrogens (tertiary/aromatic N) is 2. The van der Waals surface area contributed by atoms with E-state index in [4.69, 9.17) is 0 Å². The monoisotopic (exact) mass is 325 g/mol. The first-order valence-corrected chi connectivity index (χ1v) is 8.17. The molecule has 0 fully saturated rings. The fourth-order valence-electron chi connectivity index (χ4n) is 1.83. The summed E-state index contributed by atoms with van der Waals surface area (Å²) in [5.41, 5.74) is 0.333. The van der Waals surface area contributed by atoms with Gasteiger partial charge < -0.3 is 10.2 Å². The first kappa shape index (κ1) is 18.6. The maximum atomic E-state index is 12.5. The Morgan fingerprint density at radius 3 is 2.14 bits per heavy atom. The van der Waals surface area contributed by atoms with Crippen molar-refractivity contribution in [3.63, 3.8) is 0 Å². The molecule has 1 rings (SSSR count). The van der Waals surface area contributed by atoms with Gasteiger partial charge in [-0.3, -0.25) is 9.59 Å². The van der Waals surface area contributed by atoms with Crippen LogP contribution in [0, 0.1) is 6.92 Å². The first-order valence-electron chi connectivity index (χ1n) is 7.35. The highest BCUT2D eigenvalue weighted by molar-refractivity contribution is 7.14. The molecule has 1 aromatic rings. The molecule has 0 aliphatic heterocycles. The highest BCUT2D eigenvalue weighted by atomic mass is 32.1. The number of likely N-dealkylation sites (N-methyl/N-ethyl adjacent to an activating group) is 1. The molecule has 0 aromatic carbocycles. The van der Waals surface area contributed by atoms with E-state index in [1.165, 1.54) is 16.2 Å². The largest absolute Gasteiger partial charge is 0.350 e. The Labute approximate surface area is 137 Å². The van der Waals surface area contributed by atoms with Gasteiger partial charge in [0, 0.05) is 18.0 Å². The molecule has 0 spiro atoms. The zero-order valence-electron chi connectivity index (χ0n) is 14.8. The van der Waals surface area contributed by atoms with E-state index in [-0.39, 0.29) is 29.3 Å². The molecule has 0 atom stereocenters. The molecule has 0 saturated heterocycles. The van der Waals surface area contributed by atoms with Crippen molar-refractivity contribution in [3.05, 3.63) is 15.6 Å². The topological polar surface area (TPSA) is 62.3 Å². The second kappa shape index (κ2) is 6.36. The average Bonchev–Trinajstić information content (AvgIpc) is 2.67. The van der Waals surface area contributed by atoms with Crippen molar-refractivity contribution < 1.29 is 9.59 Å². The van der Waals surface area contributed by atoms with Crippen LogP contribution < -0.4 is 5.32 Å². The Bertz CT molecular complexity index is 565. The smallest absolute Gasteiger partial charge is 0.266 e. The van der Waals surface area contributed by atoms with E-state index in [1.807, 2.05) is 27.7 Å². The number of nitrogens with one attached hydrogen (secondary N) is 1. The molecule has 6 heteroatoms. The van der Waals surface area contributed by atoms with Crippen molar-refractivity contribution in [2.75, 3.05) is 13.6 Å². The van der Waals surface area contributed by atoms with E-state index in [2.05, 4.69) is 31.1 Å². The summed E-state index contributed by atoms with van der Waals surface area (Å²) in [6, 6.07) is 0. The number of carbonyl (C=O) groups excluding carboxylic acids is 2. The lowest BCUT2D eigenvalue weighted by Crippen LogP contribution is -2.46. The van der Waals surface area contributed by atoms with Gasteiger partial charge in [-0.15, -0.1) is 11.3 Å². The minimum atomic E-state index is -0.305. The fraction of sp³-hybridized carbons (Fsp3) is 0.688. The Balaban J connectivity index is 2.84. The van der Waals surface area contributed by atoms with Crippen molar-refractivity contribution in [1.29, 1.82) is 0 Å². The predicted octanol–water partition coefficient (Wildman–Crippen LogP) is 2.74. The number of hydrogen-bond donors (Lipinski definition) is 1. The van der Waals surface area contributed by atoms with Crippen LogP contribution in [0.3, 0.4) is 0 Å². The third-order valence-corrected chi connectivity index (χ3v) is 4.45. The zero-order chi connectivity index (χ0) is 17.3. The minimum Gasteiger partial charge on any atom is -0.350 e. The summed E-state index contributed by atoms with van der Waals surface area (Å²) >= 11 is 1.41. The molecular formula is C16H27N3O2S. The number of rotatable bonds is 3. The molecule has 5 nitrogen and oxygen atoms in total. The third kappa shape index (κ3) is 5.09. The van der Waals surface area contributed by atoms with Gasteiger partial charge in [-0.05, 0) is 27.7 Å². The van der Waals surface area contributed by atoms with E-state index in [0.717, 1.165) is 10.7 Å². The second-order valence-corrected chi connectivity index (χ2v) is 8.64. The van der Waals surface area contributed by atoms with E-state index in [9.17, 15) is 9.59 Å². The second-order valence-electron chi connectivity index (χ2n) is 7.64. The lowest BCUT2D eigenvalue weighted by molar-refractivity contribution is -0.122. The summed E-state index contributed by atoms with van der Waals surface area (Å²) in [6.07, 6.45) is 0. The maximum Gasteiger partial charge on any atom is 0.266 e. The molecule has 0 saturated carbocycles. The van der Waals surface area contributed by atoms with Crippen molar-refractivity contribution in [1.82, 2.24) is 15.2 Å². The van der Waals surface area contributed by atoms with Crippen LogP contribution >= 0.6 is 11.3 Å². The van der Waals surface area contributed by atoms with Crippen LogP contribution in [-0.4, -0.2) is 40.8 Å². The number of aromatic nitrogens is 1. The molecule has 0 radical (unpaired) electrons. The fourth-order valence-corrected chi connectivity index (χ4v) is 2.95. The van der Waals surface area contributed by atoms with Crippen molar-refractivity contribution in [3.8, 4) is 0 Å². The number of hydrogen-bond acceptors (Lipinski definition) is 4. The molecular weight excluding hydrogens is 298 g/mol. The van der Waals surface area contributed by atoms with Gasteiger partial charge in [0.05, 0.1) is 17.2 Å². The molecule has 0 aliphatic carbocycles. The Morgan fingerprint density at radius 1 is 1.18 bits per heavy atom. The van der Waals surface area contributed by atoms with Crippen LogP contribution in [0.5, 0.6) is 0 Å². The third-order valence-electron chi connectivity index (χ3n) is 2.87. The first-order chi connectivity index (χ1) is 9.81. The van der Waals surface area contributed by atoms with Crippen LogP contribution in [0.1, 0.15) is 61.9 Å². The van der Waals surface area contributed by atoms with Crippen LogP contribution in [0.2, 0.25) is 0 Å². The summed E-state index contributed by atoms with van der Waals surface area (Å²) in [5, 5.41) is 3.79. The predicted molar refractivity (Wildman–Crippen MR) is 90.4 cm³/mol. The normalized spacial score (nSPS) is 12.2. The summed E-state index contributed by atoms with van der Waals surface area (Å²) in [5.74, 6) is -0.323. The van der Waals surface area contributed by atoms with Crippen LogP contribution in [0.4, 0.5) is 0 Å². The van der Waals surface area contributed by atoms with Gasteiger partial charge in [-0.25, -0.2) is 4.98 Å². The van der Waals surface area contributed by atoms with Gasteiger partial charge in [-0.2, -0.15) is 0 Å². The molecule has 1 heterocycles. The lowest BCUT2D eigenvalue weighted by atomic mass is 9.98. The van der Waals surface area contributed by atoms with Crippen molar-refractivity contribution >= 4 is 23.2 Å². The van der Waals surface area contributed by atoms with Gasteiger partial charge in [0.15, 0.2) is 0 Å². The van der Waals surface area contributed by atoms with E-state index < -0.39 is 0 Å². The molecule has 2 amide bonds. The van der Waals surface area contributed by atoms with E-state index in [1.54, 1.807) is 7.05 Å². The number of aryl methyl sites for hydroxylation is 1. The number of thiazole rings is 1. The Hall–Kier alpha value is -1.43. The maximum absolute atomic E-state index is 12.5. The molecule has 1 N–H and O–H groups in total. The van der Waals surface area contributed by atoms with Gasteiger partial charge in [0.2, 0.25) is 5.91 Å². The molecule has 22 heavy (non-hydrogen) atoms. The summed E-state index contributed by atoms with van der Waals surface area (Å²) in [4.78, 5) is 31.0. The van der Waals surface area contributed by atoms with Crippen LogP contribution in [-0.2, 0) is 10.2 Å². The minimum absolute atomic E-state index is 0.0400. The molecule has 124 valence electrons. The van der Waals surface area contributed by atoms with Gasteiger partial charge in [0.25, 0.3) is 5.91 Å². The highest BCUT2D eigenvalue weighted by Gasteiger charge is 2.26. The summed E-state index contributed by atoms with van der Waals surface area (Å²) < 4.78 is 0. The quantitative estimate of drug-likeness (QED) is 0.929. The van der Waals surface area contributed by atoms with E-state index in [0.29, 0.717) is 4.88 Å². The average molecular weight is 325 g/mol. The van der Waals surface area contributed by atoms with Gasteiger partial charge in [0.1, 0.15) is 4.88 Å². The molecule has 1 aromatic heterocycles. The summed E-state index contributed by atoms with van der Waals surface area (Å²) in [7, 11) is 1.64. The van der Waals surface area contributed by atoms with Crippen molar-refractivity contribution in [2.45, 2.75) is 59.4 Å². The lowest BCUT2D eigenvalue weighted by Gasteiger charge is -2.23. The van der Waals surface area contributed by atoms with Crippen LogP contribution in [0.25, 0.3) is 0 Å². The van der Waals surface area contributed by atoms with Crippen LogP contribution in [0.15, 0.2) is 0 Å². The van der Waals surface area contributed by atoms with Crippen molar-refractivity contribution in [2.24, 2.45) is 0 Å². The summed E-state index contributed by atoms with van der Waals surface area (Å²) in [6.45, 7) is 13.8. The standard InChI is InChI=1S/C16H27N3O2S/c1-10-12(22-14(17-10)15(2,3)4)13(21)19(8)9-11(20)18-16(5,6)7/h9H2,1-8H3,(H,18,20). The Kier molecular flexibility index (Phi) is 5.38. The SMILES string of the molecule is Cc1nc(C(C)(C)C)sc1C(=O)N(C)CC(=O)NC(C)(C)C. The van der Waals surface area contributed by atoms with E-state index >= 15 is 0 Å². The van der Waals surface area contributed by atoms with Gasteiger partial charge in [-0.1, -0.05) is 20.8 Å². The number of carbonyl (C=O) groups is 2. The zero-order valence-corrected chi connectivity index (χ0v) is 15.6. The highest BCUT2D eigenvalue weighted by Crippen LogP contribution is 2.29. The molecule has 0 unspecified atom stereocenters.